The Morgan fingerprint density at radius 3 is 1.14 bits per heavy atom. The first-order chi connectivity index (χ1) is 2.00. The molecular weight excluding hydrogens is 208 g/mol. The summed E-state index contributed by atoms with van der Waals surface area (Å²) in [6.07, 6.45) is 0. The van der Waals surface area contributed by atoms with Gasteiger partial charge in [0.15, 0.2) is 0 Å². The average Bonchev–Trinajstić information content (AvgIpc) is 0.722. The summed E-state index contributed by atoms with van der Waals surface area (Å²) >= 11 is 0. The van der Waals surface area contributed by atoms with Crippen LogP contribution >= 0.6 is 0 Å². The van der Waals surface area contributed by atoms with Crippen molar-refractivity contribution in [3.8, 4) is 0 Å². The van der Waals surface area contributed by atoms with Gasteiger partial charge in [-0.3, -0.25) is 9.11 Å². The summed E-state index contributed by atoms with van der Waals surface area (Å²) < 4.78 is 31.6. The van der Waals surface area contributed by atoms with Gasteiger partial charge in [0, 0.05) is 0 Å². The van der Waals surface area contributed by atoms with Crippen LogP contribution in [0, 0.1) is 0 Å². The van der Waals surface area contributed by atoms with Crippen molar-refractivity contribution in [3.63, 3.8) is 0 Å². The first-order valence-corrected chi connectivity index (χ1v) is 2.10. The second kappa shape index (κ2) is 6.17. The van der Waals surface area contributed by atoms with Crippen LogP contribution in [0.15, 0.2) is 0 Å². The fourth-order valence-corrected chi connectivity index (χ4v) is 0. The van der Waals surface area contributed by atoms with Crippen LogP contribution in [0.3, 0.4) is 0 Å². The van der Waals surface area contributed by atoms with Crippen LogP contribution in [-0.2, 0) is 10.4 Å². The molecule has 0 rings (SSSR count). The zero-order valence-corrected chi connectivity index (χ0v) is 2.94. The molecule has 0 saturated heterocycles. The molecule has 0 aromatic heterocycles. The molecule has 0 amide bonds. The van der Waals surface area contributed by atoms with Crippen LogP contribution in [-0.4, -0.2) is 86.5 Å². The molecule has 2 N–H and O–H groups in total. The minimum atomic E-state index is -4.67. The van der Waals surface area contributed by atoms with Gasteiger partial charge in [0.25, 0.3) is 0 Å². The molecule has 4 nitrogen and oxygen atoms in total. The number of hydrogen-bond acceptors (Lipinski definition) is 2. The molecule has 42 valence electrons. The van der Waals surface area contributed by atoms with Crippen LogP contribution in [0.1, 0.15) is 0 Å². The Labute approximate surface area is 95.0 Å². The second-order valence-corrected chi connectivity index (χ2v) is 1.34. The van der Waals surface area contributed by atoms with E-state index in [4.69, 9.17) is 17.5 Å². The van der Waals surface area contributed by atoms with Gasteiger partial charge < -0.3 is 0 Å². The van der Waals surface area contributed by atoms with Gasteiger partial charge in [-0.25, -0.2) is 0 Å². The zero-order valence-electron chi connectivity index (χ0n) is 2.12. The Morgan fingerprint density at radius 2 is 1.14 bits per heavy atom. The summed E-state index contributed by atoms with van der Waals surface area (Å²) in [5, 5.41) is 0. The normalized spacial score (nSPS) is 8.29. The van der Waals surface area contributed by atoms with Gasteiger partial charge in [0.2, 0.25) is 0 Å². The van der Waals surface area contributed by atoms with Crippen LogP contribution < -0.4 is 0 Å². The number of hydrogen-bond donors (Lipinski definition) is 2. The Hall–Kier alpha value is 2.05. The molecule has 0 aliphatic heterocycles. The molecule has 0 aromatic rings. The summed E-state index contributed by atoms with van der Waals surface area (Å²) in [5.41, 5.74) is 0. The standard InChI is InChI=1S/GeH4.K.H2O4S.H/c;;1-5(2,3)4;/h1H4;;(H2,1,2,3,4);. The molecule has 0 aromatic carbocycles. The van der Waals surface area contributed by atoms with Crippen molar-refractivity contribution in [1.29, 1.82) is 0 Å². The molecule has 0 bridgehead atoms. The van der Waals surface area contributed by atoms with Gasteiger partial charge in [-0.1, -0.05) is 0 Å². The third-order valence-electron chi connectivity index (χ3n) is 0. The third-order valence-corrected chi connectivity index (χ3v) is 0. The third kappa shape index (κ3) is 70.1. The van der Waals surface area contributed by atoms with E-state index in [0.717, 1.165) is 0 Å². The summed E-state index contributed by atoms with van der Waals surface area (Å²) in [7, 11) is -4.67. The molecule has 0 radical (unpaired) electrons. The first-order valence-electron chi connectivity index (χ1n) is 0.698. The van der Waals surface area contributed by atoms with Gasteiger partial charge in [-0.2, -0.15) is 8.42 Å². The van der Waals surface area contributed by atoms with Gasteiger partial charge in [-0.05, 0) is 0 Å². The molecule has 0 unspecified atom stereocenters. The molecule has 0 atom stereocenters. The van der Waals surface area contributed by atoms with Gasteiger partial charge in [0.05, 0.1) is 0 Å². The average molecular weight is 215 g/mol. The Morgan fingerprint density at radius 1 is 1.14 bits per heavy atom. The Balaban J connectivity index is -0.0000000800. The van der Waals surface area contributed by atoms with E-state index < -0.39 is 10.4 Å². The van der Waals surface area contributed by atoms with E-state index in [1.54, 1.807) is 0 Å². The summed E-state index contributed by atoms with van der Waals surface area (Å²) in [6, 6.07) is 0. The van der Waals surface area contributed by atoms with Crippen LogP contribution in [0.25, 0.3) is 0 Å². The predicted molar refractivity (Wildman–Crippen MR) is 32.7 cm³/mol. The van der Waals surface area contributed by atoms with E-state index in [1.807, 2.05) is 0 Å². The fraction of sp³-hybridized carbons (Fsp3) is 0. The van der Waals surface area contributed by atoms with Crippen LogP contribution in [0.4, 0.5) is 0 Å². The number of rotatable bonds is 0. The fourth-order valence-electron chi connectivity index (χ4n) is 0. The quantitative estimate of drug-likeness (QED) is 0.339. The molecule has 7 heavy (non-hydrogen) atoms. The predicted octanol–water partition coefficient (Wildman–Crippen LogP) is -2.75. The molecule has 0 saturated carbocycles. The second-order valence-electron chi connectivity index (χ2n) is 0.448. The zero-order chi connectivity index (χ0) is 4.50. The molecule has 0 spiro atoms. The van der Waals surface area contributed by atoms with Crippen molar-refractivity contribution in [2.45, 2.75) is 0 Å². The van der Waals surface area contributed by atoms with Gasteiger partial charge in [0.1, 0.15) is 0 Å². The van der Waals surface area contributed by atoms with Crippen molar-refractivity contribution in [2.24, 2.45) is 0 Å². The summed E-state index contributed by atoms with van der Waals surface area (Å²) in [6.45, 7) is 0. The first kappa shape index (κ1) is 16.0. The van der Waals surface area contributed by atoms with Crippen molar-refractivity contribution in [3.05, 3.63) is 0 Å². The van der Waals surface area contributed by atoms with Crippen molar-refractivity contribution >= 4 is 79.4 Å². The van der Waals surface area contributed by atoms with Gasteiger partial charge >= 0.3 is 79.4 Å². The van der Waals surface area contributed by atoms with E-state index in [-0.39, 0.29) is 69.0 Å². The molecular formula is H7GeKO4S. The SMILES string of the molecule is O=S(=O)(O)O.[GeH4].[KH]. The van der Waals surface area contributed by atoms with E-state index in [0.29, 0.717) is 0 Å². The van der Waals surface area contributed by atoms with E-state index in [2.05, 4.69) is 0 Å². The van der Waals surface area contributed by atoms with Crippen molar-refractivity contribution in [2.75, 3.05) is 0 Å². The molecule has 0 heterocycles. The summed E-state index contributed by atoms with van der Waals surface area (Å²) in [5.74, 6) is 0. The molecule has 7 heteroatoms. The molecule has 0 aliphatic carbocycles. The minimum absolute atomic E-state index is 0. The van der Waals surface area contributed by atoms with E-state index >= 15 is 0 Å². The summed E-state index contributed by atoms with van der Waals surface area (Å²) in [4.78, 5) is 0. The van der Waals surface area contributed by atoms with Crippen LogP contribution in [0.2, 0.25) is 0 Å². The van der Waals surface area contributed by atoms with E-state index in [1.165, 1.54) is 0 Å². The van der Waals surface area contributed by atoms with Crippen molar-refractivity contribution < 1.29 is 17.5 Å². The maximum atomic E-state index is 8.74. The Bertz CT molecular complexity index is 94.9. The monoisotopic (exact) mass is 216 g/mol. The van der Waals surface area contributed by atoms with Crippen molar-refractivity contribution in [1.82, 2.24) is 0 Å². The topological polar surface area (TPSA) is 74.6 Å². The van der Waals surface area contributed by atoms with Crippen LogP contribution in [0.5, 0.6) is 0 Å². The molecule has 0 aliphatic rings. The van der Waals surface area contributed by atoms with E-state index in [9.17, 15) is 0 Å². The van der Waals surface area contributed by atoms with Gasteiger partial charge in [-0.15, -0.1) is 0 Å². The molecule has 0 fully saturated rings. The Kier molecular flexibility index (Phi) is 14.1. The maximum absolute atomic E-state index is 8.74.